The minimum absolute atomic E-state index is 0.124. The van der Waals surface area contributed by atoms with Gasteiger partial charge in [0.05, 0.1) is 0 Å². The summed E-state index contributed by atoms with van der Waals surface area (Å²) in [7, 11) is 0. The van der Waals surface area contributed by atoms with E-state index in [-0.39, 0.29) is 5.91 Å². The number of amides is 1. The SMILES string of the molecule is O=C(NC1C2CC3CC(C2)CC1C3)c1cccc2ccccc12. The zero-order chi connectivity index (χ0) is 15.4. The van der Waals surface area contributed by atoms with Crippen LogP contribution >= 0.6 is 0 Å². The quantitative estimate of drug-likeness (QED) is 0.875. The predicted molar refractivity (Wildman–Crippen MR) is 92.2 cm³/mol. The summed E-state index contributed by atoms with van der Waals surface area (Å²) in [5.74, 6) is 3.47. The Bertz CT molecular complexity index is 732. The highest BCUT2D eigenvalue weighted by Gasteiger charge is 2.48. The molecule has 4 aliphatic carbocycles. The minimum Gasteiger partial charge on any atom is -0.349 e. The first kappa shape index (κ1) is 13.6. The monoisotopic (exact) mass is 305 g/mol. The molecule has 2 aromatic rings. The molecule has 2 nitrogen and oxygen atoms in total. The lowest BCUT2D eigenvalue weighted by molar-refractivity contribution is -0.0119. The van der Waals surface area contributed by atoms with Crippen molar-refractivity contribution in [3.05, 3.63) is 48.0 Å². The van der Waals surface area contributed by atoms with Gasteiger partial charge in [-0.15, -0.1) is 0 Å². The van der Waals surface area contributed by atoms with Gasteiger partial charge in [0.1, 0.15) is 0 Å². The van der Waals surface area contributed by atoms with E-state index in [9.17, 15) is 4.79 Å². The fraction of sp³-hybridized carbons (Fsp3) is 0.476. The molecule has 0 spiro atoms. The molecule has 0 atom stereocenters. The maximum Gasteiger partial charge on any atom is 0.252 e. The Morgan fingerprint density at radius 3 is 2.22 bits per heavy atom. The molecule has 0 unspecified atom stereocenters. The van der Waals surface area contributed by atoms with E-state index in [2.05, 4.69) is 23.5 Å². The number of fused-ring (bicyclic) bond motifs is 1. The van der Waals surface area contributed by atoms with Crippen LogP contribution in [-0.2, 0) is 0 Å². The Labute approximate surface area is 137 Å². The highest BCUT2D eigenvalue weighted by molar-refractivity contribution is 6.07. The summed E-state index contributed by atoms with van der Waals surface area (Å²) < 4.78 is 0. The first-order chi connectivity index (χ1) is 11.3. The summed E-state index contributed by atoms with van der Waals surface area (Å²) in [5.41, 5.74) is 0.830. The molecule has 2 aromatic carbocycles. The molecule has 0 heterocycles. The van der Waals surface area contributed by atoms with Crippen molar-refractivity contribution in [2.45, 2.75) is 38.1 Å². The molecule has 0 radical (unpaired) electrons. The number of hydrogen-bond donors (Lipinski definition) is 1. The number of benzene rings is 2. The minimum atomic E-state index is 0.124. The van der Waals surface area contributed by atoms with Gasteiger partial charge in [0, 0.05) is 11.6 Å². The third kappa shape index (κ3) is 2.19. The van der Waals surface area contributed by atoms with Gasteiger partial charge in [-0.2, -0.15) is 0 Å². The standard InChI is InChI=1S/C21H23NO/c23-21(19-7-3-5-15-4-1-2-6-18(15)19)22-20-16-9-13-8-14(11-16)12-17(20)10-13/h1-7,13-14,16-17,20H,8-12H2,(H,22,23). The molecule has 0 aliphatic heterocycles. The van der Waals surface area contributed by atoms with Crippen LogP contribution in [0.2, 0.25) is 0 Å². The molecule has 4 fully saturated rings. The van der Waals surface area contributed by atoms with E-state index in [1.807, 2.05) is 24.3 Å². The van der Waals surface area contributed by atoms with E-state index in [1.54, 1.807) is 0 Å². The van der Waals surface area contributed by atoms with Gasteiger partial charge in [0.25, 0.3) is 5.91 Å². The molecule has 2 heteroatoms. The lowest BCUT2D eigenvalue weighted by Crippen LogP contribution is -2.55. The van der Waals surface area contributed by atoms with Crippen molar-refractivity contribution in [3.8, 4) is 0 Å². The third-order valence-electron chi connectivity index (χ3n) is 6.56. The van der Waals surface area contributed by atoms with Crippen LogP contribution in [0.15, 0.2) is 42.5 Å². The van der Waals surface area contributed by atoms with Crippen LogP contribution in [0.3, 0.4) is 0 Å². The Hall–Kier alpha value is -1.83. The first-order valence-electron chi connectivity index (χ1n) is 9.06. The predicted octanol–water partition coefficient (Wildman–Crippen LogP) is 4.39. The van der Waals surface area contributed by atoms with Crippen LogP contribution in [0, 0.1) is 23.7 Å². The largest absolute Gasteiger partial charge is 0.349 e. The van der Waals surface area contributed by atoms with E-state index in [4.69, 9.17) is 0 Å². The summed E-state index contributed by atoms with van der Waals surface area (Å²) in [6, 6.07) is 14.6. The van der Waals surface area contributed by atoms with Crippen LogP contribution in [0.1, 0.15) is 42.5 Å². The number of nitrogens with one attached hydrogen (secondary N) is 1. The molecule has 1 amide bonds. The lowest BCUT2D eigenvalue weighted by atomic mass is 9.54. The normalized spacial score (nSPS) is 34.7. The molecule has 4 aliphatic rings. The zero-order valence-corrected chi connectivity index (χ0v) is 13.4. The molecule has 0 saturated heterocycles. The van der Waals surface area contributed by atoms with Gasteiger partial charge < -0.3 is 5.32 Å². The van der Waals surface area contributed by atoms with E-state index in [1.165, 1.54) is 32.1 Å². The van der Waals surface area contributed by atoms with Gasteiger partial charge >= 0.3 is 0 Å². The molecule has 1 N–H and O–H groups in total. The summed E-state index contributed by atoms with van der Waals surface area (Å²) >= 11 is 0. The van der Waals surface area contributed by atoms with Gasteiger partial charge in [0.2, 0.25) is 0 Å². The van der Waals surface area contributed by atoms with Crippen molar-refractivity contribution in [1.82, 2.24) is 5.32 Å². The van der Waals surface area contributed by atoms with Crippen molar-refractivity contribution in [2.24, 2.45) is 23.7 Å². The number of carbonyl (C=O) groups excluding carboxylic acids is 1. The summed E-state index contributed by atoms with van der Waals surface area (Å²) in [6.07, 6.45) is 6.82. The number of rotatable bonds is 2. The van der Waals surface area contributed by atoms with Crippen LogP contribution in [0.25, 0.3) is 10.8 Å². The van der Waals surface area contributed by atoms with Gasteiger partial charge in [-0.05, 0) is 72.6 Å². The number of carbonyl (C=O) groups is 1. The Morgan fingerprint density at radius 2 is 1.48 bits per heavy atom. The second-order valence-electron chi connectivity index (χ2n) is 7.96. The Kier molecular flexibility index (Phi) is 3.01. The number of hydrogen-bond acceptors (Lipinski definition) is 1. The third-order valence-corrected chi connectivity index (χ3v) is 6.56. The maximum atomic E-state index is 12.9. The second-order valence-corrected chi connectivity index (χ2v) is 7.96. The van der Waals surface area contributed by atoms with E-state index in [0.29, 0.717) is 6.04 Å². The van der Waals surface area contributed by atoms with E-state index in [0.717, 1.165) is 40.0 Å². The molecular formula is C21H23NO. The first-order valence-corrected chi connectivity index (χ1v) is 9.06. The van der Waals surface area contributed by atoms with Gasteiger partial charge in [-0.1, -0.05) is 36.4 Å². The maximum absolute atomic E-state index is 12.9. The molecule has 4 saturated carbocycles. The van der Waals surface area contributed by atoms with Gasteiger partial charge in [-0.3, -0.25) is 4.79 Å². The molecule has 118 valence electrons. The molecule has 0 aromatic heterocycles. The fourth-order valence-electron chi connectivity index (χ4n) is 5.81. The molecule has 6 rings (SSSR count). The summed E-state index contributed by atoms with van der Waals surface area (Å²) in [6.45, 7) is 0. The van der Waals surface area contributed by atoms with Crippen LogP contribution < -0.4 is 5.32 Å². The zero-order valence-electron chi connectivity index (χ0n) is 13.4. The average Bonchev–Trinajstić information content (AvgIpc) is 2.57. The van der Waals surface area contributed by atoms with Gasteiger partial charge in [-0.25, -0.2) is 0 Å². The van der Waals surface area contributed by atoms with Gasteiger partial charge in [0.15, 0.2) is 0 Å². The van der Waals surface area contributed by atoms with Crippen LogP contribution in [-0.4, -0.2) is 11.9 Å². The molecule has 23 heavy (non-hydrogen) atoms. The van der Waals surface area contributed by atoms with Crippen molar-refractivity contribution in [1.29, 1.82) is 0 Å². The van der Waals surface area contributed by atoms with Crippen molar-refractivity contribution >= 4 is 16.7 Å². The smallest absolute Gasteiger partial charge is 0.252 e. The Morgan fingerprint density at radius 1 is 0.826 bits per heavy atom. The van der Waals surface area contributed by atoms with Crippen molar-refractivity contribution in [2.75, 3.05) is 0 Å². The summed E-state index contributed by atoms with van der Waals surface area (Å²) in [4.78, 5) is 12.9. The van der Waals surface area contributed by atoms with E-state index < -0.39 is 0 Å². The Balaban J connectivity index is 1.43. The van der Waals surface area contributed by atoms with Crippen LogP contribution in [0.5, 0.6) is 0 Å². The lowest BCUT2D eigenvalue weighted by Gasteiger charge is -2.54. The van der Waals surface area contributed by atoms with Crippen molar-refractivity contribution in [3.63, 3.8) is 0 Å². The summed E-state index contributed by atoms with van der Waals surface area (Å²) in [5, 5.41) is 5.64. The second kappa shape index (κ2) is 5.09. The molecular weight excluding hydrogens is 282 g/mol. The molecule has 4 bridgehead atoms. The van der Waals surface area contributed by atoms with Crippen molar-refractivity contribution < 1.29 is 4.79 Å². The average molecular weight is 305 g/mol. The fourth-order valence-corrected chi connectivity index (χ4v) is 5.81. The van der Waals surface area contributed by atoms with E-state index >= 15 is 0 Å². The highest BCUT2D eigenvalue weighted by atomic mass is 16.1. The topological polar surface area (TPSA) is 29.1 Å². The highest BCUT2D eigenvalue weighted by Crippen LogP contribution is 2.53. The van der Waals surface area contributed by atoms with Crippen LogP contribution in [0.4, 0.5) is 0 Å².